The van der Waals surface area contributed by atoms with E-state index in [1.54, 1.807) is 12.1 Å². The summed E-state index contributed by atoms with van der Waals surface area (Å²) in [5, 5.41) is 3.30. The number of amides is 1. The van der Waals surface area contributed by atoms with Gasteiger partial charge in [-0.25, -0.2) is 0 Å². The summed E-state index contributed by atoms with van der Waals surface area (Å²) in [6.45, 7) is -0.444. The van der Waals surface area contributed by atoms with E-state index in [4.69, 9.17) is 32.7 Å². The van der Waals surface area contributed by atoms with Crippen LogP contribution in [0.1, 0.15) is 12.8 Å². The van der Waals surface area contributed by atoms with Crippen LogP contribution in [0.25, 0.3) is 0 Å². The van der Waals surface area contributed by atoms with Gasteiger partial charge >= 0.3 is 11.9 Å². The van der Waals surface area contributed by atoms with Crippen molar-refractivity contribution in [1.82, 2.24) is 0 Å². The molecule has 1 aromatic rings. The van der Waals surface area contributed by atoms with Crippen LogP contribution in [0, 0.1) is 23.7 Å². The molecule has 0 aromatic heterocycles. The molecule has 0 spiro atoms. The van der Waals surface area contributed by atoms with Gasteiger partial charge in [-0.3, -0.25) is 14.4 Å². The summed E-state index contributed by atoms with van der Waals surface area (Å²) < 4.78 is 10.4. The number of benzene rings is 1. The molecule has 2 aliphatic carbocycles. The van der Waals surface area contributed by atoms with Gasteiger partial charge in [-0.05, 0) is 37.0 Å². The topological polar surface area (TPSA) is 81.7 Å². The smallest absolute Gasteiger partial charge is 0.310 e. The maximum absolute atomic E-state index is 12.4. The Morgan fingerprint density at radius 2 is 2.08 bits per heavy atom. The summed E-state index contributed by atoms with van der Waals surface area (Å²) in [5.74, 6) is -2.04. The lowest BCUT2D eigenvalue weighted by Crippen LogP contribution is -2.35. The third kappa shape index (κ3) is 2.87. The Balaban J connectivity index is 1.35. The molecule has 1 amide bonds. The number of esters is 2. The number of halogens is 2. The first-order chi connectivity index (χ1) is 11.9. The van der Waals surface area contributed by atoms with Gasteiger partial charge in [0, 0.05) is 10.9 Å². The lowest BCUT2D eigenvalue weighted by Gasteiger charge is -2.22. The maximum Gasteiger partial charge on any atom is 0.310 e. The summed E-state index contributed by atoms with van der Waals surface area (Å²) in [7, 11) is 0. The fraction of sp³-hybridized carbons (Fsp3) is 0.471. The van der Waals surface area contributed by atoms with Crippen molar-refractivity contribution < 1.29 is 23.9 Å². The number of anilines is 1. The molecule has 132 valence electrons. The second kappa shape index (κ2) is 6.18. The summed E-state index contributed by atoms with van der Waals surface area (Å²) >= 11 is 11.8. The average Bonchev–Trinajstić information content (AvgIpc) is 3.18. The quantitative estimate of drug-likeness (QED) is 0.808. The van der Waals surface area contributed by atoms with Crippen molar-refractivity contribution in [1.29, 1.82) is 0 Å². The Bertz CT molecular complexity index is 765. The second-order valence-corrected chi connectivity index (χ2v) is 7.55. The van der Waals surface area contributed by atoms with Crippen LogP contribution in [0.3, 0.4) is 0 Å². The highest BCUT2D eigenvalue weighted by molar-refractivity contribution is 6.35. The molecule has 4 rings (SSSR count). The molecular weight excluding hydrogens is 369 g/mol. The first-order valence-corrected chi connectivity index (χ1v) is 8.81. The van der Waals surface area contributed by atoms with Gasteiger partial charge in [0.05, 0.1) is 22.5 Å². The number of carbonyl (C=O) groups is 3. The molecule has 5 atom stereocenters. The molecule has 25 heavy (non-hydrogen) atoms. The van der Waals surface area contributed by atoms with Gasteiger partial charge < -0.3 is 14.8 Å². The van der Waals surface area contributed by atoms with E-state index in [0.717, 1.165) is 6.42 Å². The predicted molar refractivity (Wildman–Crippen MR) is 89.1 cm³/mol. The lowest BCUT2D eigenvalue weighted by molar-refractivity contribution is -0.157. The number of hydrogen-bond donors (Lipinski definition) is 1. The van der Waals surface area contributed by atoms with E-state index >= 15 is 0 Å². The van der Waals surface area contributed by atoms with E-state index in [2.05, 4.69) is 5.32 Å². The van der Waals surface area contributed by atoms with E-state index in [9.17, 15) is 14.4 Å². The summed E-state index contributed by atoms with van der Waals surface area (Å²) in [4.78, 5) is 36.3. The molecule has 8 heteroatoms. The minimum atomic E-state index is -0.521. The molecule has 1 aliphatic heterocycles. The molecule has 1 saturated heterocycles. The highest BCUT2D eigenvalue weighted by atomic mass is 35.5. The van der Waals surface area contributed by atoms with Gasteiger partial charge in [0.25, 0.3) is 5.91 Å². The van der Waals surface area contributed by atoms with Crippen LogP contribution in [-0.4, -0.2) is 30.6 Å². The minimum absolute atomic E-state index is 0.0418. The van der Waals surface area contributed by atoms with Crippen LogP contribution >= 0.6 is 23.2 Å². The van der Waals surface area contributed by atoms with E-state index in [1.807, 2.05) is 0 Å². The molecule has 2 saturated carbocycles. The SMILES string of the molecule is O=C(COC(=O)[C@@H]1[C@H]2C[C@@H]3[C@@H]1C(=O)O[C@@H]3C2)Nc1cc(Cl)ccc1Cl. The average molecular weight is 384 g/mol. The molecule has 1 N–H and O–H groups in total. The molecule has 3 fully saturated rings. The normalized spacial score (nSPS) is 31.8. The first-order valence-electron chi connectivity index (χ1n) is 8.06. The van der Waals surface area contributed by atoms with Crippen molar-refractivity contribution in [2.45, 2.75) is 18.9 Å². The summed E-state index contributed by atoms with van der Waals surface area (Å²) in [5.41, 5.74) is 0.345. The molecule has 6 nitrogen and oxygen atoms in total. The van der Waals surface area contributed by atoms with E-state index in [1.165, 1.54) is 6.07 Å². The van der Waals surface area contributed by atoms with Gasteiger partial charge in [0.15, 0.2) is 6.61 Å². The minimum Gasteiger partial charge on any atom is -0.462 e. The Kier molecular flexibility index (Phi) is 4.12. The van der Waals surface area contributed by atoms with Gasteiger partial charge in [-0.2, -0.15) is 0 Å². The highest BCUT2D eigenvalue weighted by Crippen LogP contribution is 2.57. The third-order valence-electron chi connectivity index (χ3n) is 5.30. The van der Waals surface area contributed by atoms with Crippen LogP contribution < -0.4 is 5.32 Å². The number of ether oxygens (including phenoxy) is 2. The zero-order valence-corrected chi connectivity index (χ0v) is 14.5. The fourth-order valence-electron chi connectivity index (χ4n) is 4.34. The standard InChI is InChI=1S/C17H15Cl2NO5/c18-8-1-2-10(19)11(5-8)20-13(21)6-24-16(22)14-7-3-9-12(4-7)25-17(23)15(9)14/h1-2,5,7,9,12,14-15H,3-4,6H2,(H,20,21)/t7-,9-,12+,14+,15-/m0/s1. The summed E-state index contributed by atoms with van der Waals surface area (Å²) in [6, 6.07) is 4.67. The summed E-state index contributed by atoms with van der Waals surface area (Å²) in [6.07, 6.45) is 1.47. The Hall–Kier alpha value is -1.79. The predicted octanol–water partition coefficient (Wildman–Crippen LogP) is 2.67. The number of hydrogen-bond acceptors (Lipinski definition) is 5. The molecule has 1 aromatic carbocycles. The van der Waals surface area contributed by atoms with Gasteiger partial charge in [0.2, 0.25) is 0 Å². The third-order valence-corrected chi connectivity index (χ3v) is 5.87. The highest BCUT2D eigenvalue weighted by Gasteiger charge is 2.64. The largest absolute Gasteiger partial charge is 0.462 e. The van der Waals surface area contributed by atoms with E-state index in [-0.39, 0.29) is 23.9 Å². The monoisotopic (exact) mass is 383 g/mol. The van der Waals surface area contributed by atoms with Crippen LogP contribution in [0.4, 0.5) is 5.69 Å². The number of rotatable bonds is 4. The molecule has 1 heterocycles. The lowest BCUT2D eigenvalue weighted by atomic mass is 9.80. The van der Waals surface area contributed by atoms with Gasteiger partial charge in [-0.15, -0.1) is 0 Å². The van der Waals surface area contributed by atoms with Crippen LogP contribution in [0.2, 0.25) is 10.0 Å². The zero-order valence-electron chi connectivity index (χ0n) is 13.0. The molecular formula is C17H15Cl2NO5. The second-order valence-electron chi connectivity index (χ2n) is 6.70. The van der Waals surface area contributed by atoms with Gasteiger partial charge in [0.1, 0.15) is 6.10 Å². The van der Waals surface area contributed by atoms with Crippen molar-refractivity contribution in [3.05, 3.63) is 28.2 Å². The van der Waals surface area contributed by atoms with Crippen molar-refractivity contribution >= 4 is 46.7 Å². The van der Waals surface area contributed by atoms with E-state index in [0.29, 0.717) is 22.2 Å². The van der Waals surface area contributed by atoms with Crippen molar-refractivity contribution in [3.63, 3.8) is 0 Å². The van der Waals surface area contributed by atoms with Crippen LogP contribution in [0.5, 0.6) is 0 Å². The molecule has 2 bridgehead atoms. The maximum atomic E-state index is 12.4. The van der Waals surface area contributed by atoms with Crippen molar-refractivity contribution in [2.75, 3.05) is 11.9 Å². The molecule has 0 unspecified atom stereocenters. The Labute approximate surface area is 153 Å². The number of fused-ring (bicyclic) bond motifs is 1. The zero-order chi connectivity index (χ0) is 17.7. The Morgan fingerprint density at radius 3 is 2.88 bits per heavy atom. The first kappa shape index (κ1) is 16.7. The van der Waals surface area contributed by atoms with Crippen molar-refractivity contribution in [3.8, 4) is 0 Å². The number of nitrogens with one attached hydrogen (secondary N) is 1. The van der Waals surface area contributed by atoms with Crippen LogP contribution in [0.15, 0.2) is 18.2 Å². The molecule has 0 radical (unpaired) electrons. The van der Waals surface area contributed by atoms with Crippen LogP contribution in [-0.2, 0) is 23.9 Å². The van der Waals surface area contributed by atoms with Gasteiger partial charge in [-0.1, -0.05) is 23.2 Å². The molecule has 3 aliphatic rings. The Morgan fingerprint density at radius 1 is 1.28 bits per heavy atom. The fourth-order valence-corrected chi connectivity index (χ4v) is 4.67. The van der Waals surface area contributed by atoms with E-state index < -0.39 is 30.3 Å². The number of carbonyl (C=O) groups excluding carboxylic acids is 3. The van der Waals surface area contributed by atoms with Crippen molar-refractivity contribution in [2.24, 2.45) is 23.7 Å².